The molecule has 0 aliphatic heterocycles. The molecule has 1 aromatic rings. The average Bonchev–Trinajstić information content (AvgIpc) is 2.48. The van der Waals surface area contributed by atoms with E-state index in [0.29, 0.717) is 11.2 Å². The Bertz CT molecular complexity index is 488. The number of benzene rings is 1. The van der Waals surface area contributed by atoms with Gasteiger partial charge < -0.3 is 5.11 Å². The molecule has 0 saturated heterocycles. The molecular weight excluding hydrogens is 304 g/mol. The van der Waals surface area contributed by atoms with Gasteiger partial charge in [-0.25, -0.2) is 0 Å². The second-order valence-electron chi connectivity index (χ2n) is 6.74. The molecule has 1 aliphatic carbocycles. The molecule has 23 heavy (non-hydrogen) atoms. The first-order chi connectivity index (χ1) is 10.7. The molecule has 1 aliphatic rings. The molecule has 0 unspecified atom stereocenters. The molecule has 1 saturated carbocycles. The third-order valence-corrected chi connectivity index (χ3v) is 4.23. The number of hydrogen-bond acceptors (Lipinski definition) is 1. The molecule has 130 valence electrons. The summed E-state index contributed by atoms with van der Waals surface area (Å²) in [5.41, 5.74) is 2.85. The van der Waals surface area contributed by atoms with E-state index in [0.717, 1.165) is 5.02 Å². The normalized spacial score (nSPS) is 16.3. The Labute approximate surface area is 148 Å². The fourth-order valence-electron chi connectivity index (χ4n) is 2.55. The second kappa shape index (κ2) is 11.3. The van der Waals surface area contributed by atoms with Crippen LogP contribution in [0.1, 0.15) is 72.3 Å². The lowest BCUT2D eigenvalue weighted by Crippen LogP contribution is -2.25. The quantitative estimate of drug-likeness (QED) is 0.413. The Morgan fingerprint density at radius 3 is 1.96 bits per heavy atom. The zero-order valence-corrected chi connectivity index (χ0v) is 16.2. The maximum Gasteiger partial charge on any atom is 0.0849 e. The lowest BCUT2D eigenvalue weighted by Gasteiger charge is -2.34. The number of rotatable bonds is 1. The number of allylic oxidation sites excluding steroid dienone is 3. The summed E-state index contributed by atoms with van der Waals surface area (Å²) in [5.74, 6) is 0.380. The Hall–Kier alpha value is -1.21. The monoisotopic (exact) mass is 336 g/mol. The highest BCUT2D eigenvalue weighted by Crippen LogP contribution is 2.41. The molecule has 1 N–H and O–H groups in total. The van der Waals surface area contributed by atoms with E-state index >= 15 is 0 Å². The fraction of sp³-hybridized carbons (Fsp3) is 0.524. The summed E-state index contributed by atoms with van der Waals surface area (Å²) in [6.07, 6.45) is 8.30. The summed E-state index contributed by atoms with van der Waals surface area (Å²) in [6, 6.07) is 8.31. The van der Waals surface area contributed by atoms with Crippen molar-refractivity contribution in [2.75, 3.05) is 0 Å². The third kappa shape index (κ3) is 9.50. The van der Waals surface area contributed by atoms with Crippen molar-refractivity contribution in [1.82, 2.24) is 0 Å². The van der Waals surface area contributed by atoms with Crippen LogP contribution >= 0.6 is 11.6 Å². The molecule has 2 rings (SSSR count). The fourth-order valence-corrected chi connectivity index (χ4v) is 2.92. The van der Waals surface area contributed by atoms with E-state index in [2.05, 4.69) is 25.6 Å². The molecule has 1 fully saturated rings. The smallest absolute Gasteiger partial charge is 0.0849 e. The summed E-state index contributed by atoms with van der Waals surface area (Å²) in [5, 5.41) is 9.16. The van der Waals surface area contributed by atoms with Crippen molar-refractivity contribution in [2.24, 2.45) is 0 Å². The van der Waals surface area contributed by atoms with E-state index in [9.17, 15) is 0 Å². The van der Waals surface area contributed by atoms with Crippen LogP contribution in [0.5, 0.6) is 0 Å². The molecule has 0 aromatic heterocycles. The van der Waals surface area contributed by atoms with E-state index in [4.69, 9.17) is 16.7 Å². The summed E-state index contributed by atoms with van der Waals surface area (Å²) in [4.78, 5) is 0. The van der Waals surface area contributed by atoms with Gasteiger partial charge in [0.05, 0.1) is 5.76 Å². The molecule has 0 amide bonds. The van der Waals surface area contributed by atoms with Crippen LogP contribution in [0.15, 0.2) is 48.3 Å². The van der Waals surface area contributed by atoms with Crippen LogP contribution in [-0.2, 0) is 5.41 Å². The molecule has 0 bridgehead atoms. The topological polar surface area (TPSA) is 20.2 Å². The van der Waals surface area contributed by atoms with Gasteiger partial charge in [-0.15, -0.1) is 6.58 Å². The predicted octanol–water partition coefficient (Wildman–Crippen LogP) is 7.61. The molecule has 2 heteroatoms. The van der Waals surface area contributed by atoms with Crippen LogP contribution < -0.4 is 0 Å². The number of halogens is 1. The maximum atomic E-state index is 8.22. The van der Waals surface area contributed by atoms with Crippen LogP contribution in [0.25, 0.3) is 0 Å². The summed E-state index contributed by atoms with van der Waals surface area (Å²) in [7, 11) is 0. The predicted molar refractivity (Wildman–Crippen MR) is 104 cm³/mol. The van der Waals surface area contributed by atoms with Gasteiger partial charge in [0.1, 0.15) is 0 Å². The van der Waals surface area contributed by atoms with Gasteiger partial charge in [-0.1, -0.05) is 67.6 Å². The van der Waals surface area contributed by atoms with Gasteiger partial charge in [-0.2, -0.15) is 0 Å². The SMILES string of the molecule is C/C=C(\C)O.C=C(C)C.CC1(c2ccccc2Cl)CCCCC1. The Kier molecular flexibility index (Phi) is 10.7. The van der Waals surface area contributed by atoms with E-state index in [1.54, 1.807) is 19.9 Å². The van der Waals surface area contributed by atoms with Gasteiger partial charge >= 0.3 is 0 Å². The zero-order valence-electron chi connectivity index (χ0n) is 15.5. The van der Waals surface area contributed by atoms with Gasteiger partial charge in [0.2, 0.25) is 0 Å². The van der Waals surface area contributed by atoms with Crippen LogP contribution in [-0.4, -0.2) is 5.11 Å². The highest BCUT2D eigenvalue weighted by atomic mass is 35.5. The first-order valence-electron chi connectivity index (χ1n) is 8.42. The van der Waals surface area contributed by atoms with Crippen LogP contribution in [0.2, 0.25) is 5.02 Å². The van der Waals surface area contributed by atoms with Gasteiger partial charge in [0.15, 0.2) is 0 Å². The molecule has 1 nitrogen and oxygen atoms in total. The highest BCUT2D eigenvalue weighted by molar-refractivity contribution is 6.31. The average molecular weight is 337 g/mol. The van der Waals surface area contributed by atoms with Crippen molar-refractivity contribution in [3.05, 3.63) is 58.8 Å². The van der Waals surface area contributed by atoms with Crippen molar-refractivity contribution in [3.8, 4) is 0 Å². The summed E-state index contributed by atoms with van der Waals surface area (Å²) >= 11 is 6.25. The first-order valence-corrected chi connectivity index (χ1v) is 8.79. The van der Waals surface area contributed by atoms with Crippen LogP contribution in [0, 0.1) is 0 Å². The van der Waals surface area contributed by atoms with Gasteiger partial charge in [0.25, 0.3) is 0 Å². The number of aliphatic hydroxyl groups excluding tert-OH is 1. The lowest BCUT2D eigenvalue weighted by molar-refractivity contribution is 0.320. The van der Waals surface area contributed by atoms with Crippen molar-refractivity contribution in [3.63, 3.8) is 0 Å². The molecule has 0 atom stereocenters. The van der Waals surface area contributed by atoms with Gasteiger partial charge in [0, 0.05) is 5.02 Å². The molecule has 1 aromatic carbocycles. The lowest BCUT2D eigenvalue weighted by atomic mass is 9.71. The minimum absolute atomic E-state index is 0.330. The van der Waals surface area contributed by atoms with Gasteiger partial charge in [-0.05, 0) is 57.6 Å². The standard InChI is InChI=1S/C13H17Cl.C4H8O.C4H8/c1-13(9-5-2-6-10-13)11-7-3-4-8-12(11)14;1-3-4(2)5;1-4(2)3/h3-4,7-8H,2,5-6,9-10H2,1H3;3,5H,1-2H3;1H2,2-3H3/b;4-3+;. The second-order valence-corrected chi connectivity index (χ2v) is 7.15. The van der Waals surface area contributed by atoms with Crippen molar-refractivity contribution in [2.45, 2.75) is 72.1 Å². The van der Waals surface area contributed by atoms with Gasteiger partial charge in [-0.3, -0.25) is 0 Å². The summed E-state index contributed by atoms with van der Waals surface area (Å²) in [6.45, 7) is 13.3. The maximum absolute atomic E-state index is 8.22. The third-order valence-electron chi connectivity index (χ3n) is 3.90. The van der Waals surface area contributed by atoms with E-state index in [1.165, 1.54) is 43.2 Å². The van der Waals surface area contributed by atoms with Crippen molar-refractivity contribution < 1.29 is 5.11 Å². The Balaban J connectivity index is 0.000000450. The molecule has 0 heterocycles. The molecule has 0 radical (unpaired) electrons. The minimum Gasteiger partial charge on any atom is -0.513 e. The van der Waals surface area contributed by atoms with E-state index in [1.807, 2.05) is 26.0 Å². The molecule has 0 spiro atoms. The van der Waals surface area contributed by atoms with Crippen molar-refractivity contribution in [1.29, 1.82) is 0 Å². The largest absolute Gasteiger partial charge is 0.513 e. The number of aliphatic hydroxyl groups is 1. The summed E-state index contributed by atoms with van der Waals surface area (Å²) < 4.78 is 0. The zero-order chi connectivity index (χ0) is 17.9. The van der Waals surface area contributed by atoms with E-state index in [-0.39, 0.29) is 0 Å². The van der Waals surface area contributed by atoms with Crippen molar-refractivity contribution >= 4 is 11.6 Å². The first kappa shape index (κ1) is 21.8. The highest BCUT2D eigenvalue weighted by Gasteiger charge is 2.29. The van der Waals surface area contributed by atoms with Crippen LogP contribution in [0.3, 0.4) is 0 Å². The number of hydrogen-bond donors (Lipinski definition) is 1. The van der Waals surface area contributed by atoms with E-state index < -0.39 is 0 Å². The van der Waals surface area contributed by atoms with Crippen LogP contribution in [0.4, 0.5) is 0 Å². The minimum atomic E-state index is 0.330. The Morgan fingerprint density at radius 1 is 1.13 bits per heavy atom. The molecular formula is C21H33ClO. The Morgan fingerprint density at radius 2 is 1.57 bits per heavy atom.